The van der Waals surface area contributed by atoms with Crippen molar-refractivity contribution in [1.82, 2.24) is 4.57 Å². The van der Waals surface area contributed by atoms with Crippen molar-refractivity contribution in [2.45, 2.75) is 38.3 Å². The van der Waals surface area contributed by atoms with E-state index in [4.69, 9.17) is 4.74 Å². The molecule has 1 unspecified atom stereocenters. The Labute approximate surface area is 118 Å². The van der Waals surface area contributed by atoms with Crippen LogP contribution in [-0.2, 0) is 11.3 Å². The van der Waals surface area contributed by atoms with Gasteiger partial charge in [0.1, 0.15) is 0 Å². The predicted molar refractivity (Wildman–Crippen MR) is 77.1 cm³/mol. The Balaban J connectivity index is 1.72. The fourth-order valence-electron chi connectivity index (χ4n) is 2.97. The molecule has 20 heavy (non-hydrogen) atoms. The normalized spacial score (nSPS) is 18.7. The van der Waals surface area contributed by atoms with Crippen LogP contribution in [0.5, 0.6) is 0 Å². The molecule has 0 aliphatic carbocycles. The number of hydrogen-bond donors (Lipinski definition) is 1. The van der Waals surface area contributed by atoms with Crippen molar-refractivity contribution in [1.29, 1.82) is 0 Å². The van der Waals surface area contributed by atoms with Gasteiger partial charge in [0.05, 0.1) is 11.7 Å². The maximum atomic E-state index is 11.2. The summed E-state index contributed by atoms with van der Waals surface area (Å²) in [6, 6.07) is 7.34. The zero-order valence-electron chi connectivity index (χ0n) is 11.4. The average Bonchev–Trinajstić information content (AvgIpc) is 3.08. The third-order valence-corrected chi connectivity index (χ3v) is 3.99. The summed E-state index contributed by atoms with van der Waals surface area (Å²) in [5.41, 5.74) is 1.37. The zero-order valence-corrected chi connectivity index (χ0v) is 11.4. The van der Waals surface area contributed by atoms with Crippen LogP contribution in [0.2, 0.25) is 0 Å². The van der Waals surface area contributed by atoms with E-state index in [0.717, 1.165) is 36.9 Å². The number of ether oxygens (including phenoxy) is 1. The zero-order chi connectivity index (χ0) is 13.9. The highest BCUT2D eigenvalue weighted by Crippen LogP contribution is 2.22. The van der Waals surface area contributed by atoms with Crippen LogP contribution in [0.3, 0.4) is 0 Å². The third kappa shape index (κ3) is 2.56. The van der Waals surface area contributed by atoms with E-state index in [-0.39, 0.29) is 0 Å². The molecule has 1 aliphatic heterocycles. The Morgan fingerprint density at radius 3 is 3.05 bits per heavy atom. The van der Waals surface area contributed by atoms with E-state index in [1.165, 1.54) is 12.8 Å². The molecule has 0 bridgehead atoms. The maximum Gasteiger partial charge on any atom is 0.336 e. The SMILES string of the molecule is O=C(O)c1cccc2c1ccn2CCCC1CCCO1. The minimum atomic E-state index is -0.868. The summed E-state index contributed by atoms with van der Waals surface area (Å²) >= 11 is 0. The van der Waals surface area contributed by atoms with Crippen LogP contribution in [0, 0.1) is 0 Å². The molecule has 1 atom stereocenters. The van der Waals surface area contributed by atoms with Gasteiger partial charge in [0, 0.05) is 30.3 Å². The fraction of sp³-hybridized carbons (Fsp3) is 0.438. The van der Waals surface area contributed by atoms with Gasteiger partial charge in [-0.2, -0.15) is 0 Å². The molecule has 1 aromatic heterocycles. The topological polar surface area (TPSA) is 51.5 Å². The van der Waals surface area contributed by atoms with Gasteiger partial charge in [-0.25, -0.2) is 4.79 Å². The Hall–Kier alpha value is -1.81. The molecule has 1 saturated heterocycles. The molecule has 0 radical (unpaired) electrons. The van der Waals surface area contributed by atoms with E-state index in [0.29, 0.717) is 11.7 Å². The number of rotatable bonds is 5. The summed E-state index contributed by atoms with van der Waals surface area (Å²) < 4.78 is 7.76. The van der Waals surface area contributed by atoms with Crippen molar-refractivity contribution < 1.29 is 14.6 Å². The van der Waals surface area contributed by atoms with Crippen molar-refractivity contribution in [2.75, 3.05) is 6.61 Å². The largest absolute Gasteiger partial charge is 0.478 e. The molecule has 0 amide bonds. The number of hydrogen-bond acceptors (Lipinski definition) is 2. The first-order chi connectivity index (χ1) is 9.75. The van der Waals surface area contributed by atoms with E-state index < -0.39 is 5.97 Å². The van der Waals surface area contributed by atoms with E-state index in [1.54, 1.807) is 6.07 Å². The van der Waals surface area contributed by atoms with E-state index in [1.807, 2.05) is 24.4 Å². The van der Waals surface area contributed by atoms with E-state index >= 15 is 0 Å². The molecule has 4 heteroatoms. The van der Waals surface area contributed by atoms with Gasteiger partial charge >= 0.3 is 5.97 Å². The lowest BCUT2D eigenvalue weighted by molar-refractivity contribution is 0.0699. The number of aryl methyl sites for hydroxylation is 1. The second-order valence-corrected chi connectivity index (χ2v) is 5.33. The van der Waals surface area contributed by atoms with E-state index in [2.05, 4.69) is 4.57 Å². The first kappa shape index (κ1) is 13.2. The van der Waals surface area contributed by atoms with Crippen LogP contribution in [0.15, 0.2) is 30.5 Å². The summed E-state index contributed by atoms with van der Waals surface area (Å²) in [5.74, 6) is -0.868. The smallest absolute Gasteiger partial charge is 0.336 e. The molecule has 106 valence electrons. The number of aromatic carboxylic acids is 1. The van der Waals surface area contributed by atoms with Crippen LogP contribution in [-0.4, -0.2) is 28.4 Å². The van der Waals surface area contributed by atoms with Gasteiger partial charge in [-0.15, -0.1) is 0 Å². The van der Waals surface area contributed by atoms with Gasteiger partial charge in [0.2, 0.25) is 0 Å². The first-order valence-corrected chi connectivity index (χ1v) is 7.18. The number of carboxylic acid groups (broad SMARTS) is 1. The summed E-state index contributed by atoms with van der Waals surface area (Å²) in [6.45, 7) is 1.81. The maximum absolute atomic E-state index is 11.2. The third-order valence-electron chi connectivity index (χ3n) is 3.99. The highest BCUT2D eigenvalue weighted by molar-refractivity contribution is 6.02. The summed E-state index contributed by atoms with van der Waals surface area (Å²) in [4.78, 5) is 11.2. The lowest BCUT2D eigenvalue weighted by atomic mass is 10.1. The number of nitrogens with zero attached hydrogens (tertiary/aromatic N) is 1. The van der Waals surface area contributed by atoms with Crippen molar-refractivity contribution in [2.24, 2.45) is 0 Å². The van der Waals surface area contributed by atoms with Crippen LogP contribution < -0.4 is 0 Å². The van der Waals surface area contributed by atoms with Gasteiger partial charge in [-0.1, -0.05) is 6.07 Å². The van der Waals surface area contributed by atoms with Gasteiger partial charge in [0.15, 0.2) is 0 Å². The monoisotopic (exact) mass is 273 g/mol. The predicted octanol–water partition coefficient (Wildman–Crippen LogP) is 3.30. The van der Waals surface area contributed by atoms with Crippen LogP contribution >= 0.6 is 0 Å². The molecular formula is C16H19NO3. The van der Waals surface area contributed by atoms with Gasteiger partial charge in [-0.3, -0.25) is 0 Å². The molecule has 1 N–H and O–H groups in total. The summed E-state index contributed by atoms with van der Waals surface area (Å²) in [5, 5.41) is 10.0. The van der Waals surface area contributed by atoms with Crippen molar-refractivity contribution in [3.05, 3.63) is 36.0 Å². The van der Waals surface area contributed by atoms with Gasteiger partial charge < -0.3 is 14.4 Å². The Morgan fingerprint density at radius 2 is 2.30 bits per heavy atom. The molecule has 0 saturated carbocycles. The number of carboxylic acids is 1. The number of benzene rings is 1. The van der Waals surface area contributed by atoms with Crippen molar-refractivity contribution in [3.8, 4) is 0 Å². The Morgan fingerprint density at radius 1 is 1.40 bits per heavy atom. The first-order valence-electron chi connectivity index (χ1n) is 7.18. The quantitative estimate of drug-likeness (QED) is 0.909. The highest BCUT2D eigenvalue weighted by Gasteiger charge is 2.15. The molecule has 1 aromatic carbocycles. The van der Waals surface area contributed by atoms with Crippen LogP contribution in [0.1, 0.15) is 36.0 Å². The molecule has 2 aromatic rings. The summed E-state index contributed by atoms with van der Waals surface area (Å²) in [7, 11) is 0. The molecule has 1 aliphatic rings. The number of carbonyl (C=O) groups is 1. The molecule has 3 rings (SSSR count). The minimum absolute atomic E-state index is 0.375. The molecule has 2 heterocycles. The standard InChI is InChI=1S/C16H19NO3/c18-16(19)14-6-1-7-15-13(14)8-10-17(15)9-2-4-12-5-3-11-20-12/h1,6-8,10,12H,2-5,9,11H2,(H,18,19). The summed E-state index contributed by atoms with van der Waals surface area (Å²) in [6.07, 6.45) is 6.90. The fourth-order valence-corrected chi connectivity index (χ4v) is 2.97. The van der Waals surface area contributed by atoms with Crippen molar-refractivity contribution in [3.63, 3.8) is 0 Å². The van der Waals surface area contributed by atoms with Crippen LogP contribution in [0.25, 0.3) is 10.9 Å². The Bertz CT molecular complexity index is 611. The van der Waals surface area contributed by atoms with E-state index in [9.17, 15) is 9.90 Å². The lowest BCUT2D eigenvalue weighted by Crippen LogP contribution is -2.07. The molecule has 4 nitrogen and oxygen atoms in total. The second-order valence-electron chi connectivity index (χ2n) is 5.33. The second kappa shape index (κ2) is 5.67. The number of aromatic nitrogens is 1. The lowest BCUT2D eigenvalue weighted by Gasteiger charge is -2.10. The Kier molecular flexibility index (Phi) is 3.74. The number of fused-ring (bicyclic) bond motifs is 1. The molecular weight excluding hydrogens is 254 g/mol. The minimum Gasteiger partial charge on any atom is -0.478 e. The van der Waals surface area contributed by atoms with Crippen LogP contribution in [0.4, 0.5) is 0 Å². The van der Waals surface area contributed by atoms with Gasteiger partial charge in [-0.05, 0) is 43.9 Å². The average molecular weight is 273 g/mol. The molecule has 1 fully saturated rings. The molecule has 0 spiro atoms. The van der Waals surface area contributed by atoms with Crippen molar-refractivity contribution >= 4 is 16.9 Å². The van der Waals surface area contributed by atoms with Gasteiger partial charge in [0.25, 0.3) is 0 Å². The highest BCUT2D eigenvalue weighted by atomic mass is 16.5.